The minimum Gasteiger partial charge on any atom is -0.490 e. The second-order valence-electron chi connectivity index (χ2n) is 14.0. The van der Waals surface area contributed by atoms with Gasteiger partial charge in [-0.05, 0) is 85.3 Å². The lowest BCUT2D eigenvalue weighted by Gasteiger charge is -2.39. The maximum atomic E-state index is 14.9. The summed E-state index contributed by atoms with van der Waals surface area (Å²) >= 11 is 12.7. The van der Waals surface area contributed by atoms with Gasteiger partial charge in [0.1, 0.15) is 27.5 Å². The lowest BCUT2D eigenvalue weighted by molar-refractivity contribution is 0.119. The van der Waals surface area contributed by atoms with Crippen LogP contribution in [0.3, 0.4) is 0 Å². The maximum absolute atomic E-state index is 14.9. The average Bonchev–Trinajstić information content (AvgIpc) is 3.40. The van der Waals surface area contributed by atoms with Crippen molar-refractivity contribution in [3.63, 3.8) is 0 Å². The number of hydrogen-bond acceptors (Lipinski definition) is 6. The molecule has 3 aromatic rings. The first-order valence-corrected chi connectivity index (χ1v) is 19.3. The number of aliphatic imine (C=N–C) groups is 1. The van der Waals surface area contributed by atoms with Crippen molar-refractivity contribution < 1.29 is 17.9 Å². The zero-order chi connectivity index (χ0) is 34.8. The van der Waals surface area contributed by atoms with E-state index in [1.54, 1.807) is 0 Å². The highest BCUT2D eigenvalue weighted by molar-refractivity contribution is 7.90. The maximum Gasteiger partial charge on any atom is 0.326 e. The van der Waals surface area contributed by atoms with Gasteiger partial charge in [-0.3, -0.25) is 14.8 Å². The first kappa shape index (κ1) is 39.0. The molecule has 0 bridgehead atoms. The average molecular weight is 750 g/mol. The molecule has 2 aliphatic heterocycles. The smallest absolute Gasteiger partial charge is 0.326 e. The van der Waals surface area contributed by atoms with E-state index >= 15 is 0 Å². The lowest BCUT2D eigenvalue weighted by atomic mass is 9.86. The molecule has 2 amide bonds. The Morgan fingerprint density at radius 3 is 2.02 bits per heavy atom. The van der Waals surface area contributed by atoms with Crippen LogP contribution in [0.15, 0.2) is 71.7 Å². The topological polar surface area (TPSA) is 82.5 Å². The van der Waals surface area contributed by atoms with E-state index in [1.165, 1.54) is 6.26 Å². The Balaban J connectivity index is 0.00000541. The zero-order valence-electron chi connectivity index (χ0n) is 29.0. The summed E-state index contributed by atoms with van der Waals surface area (Å²) in [6.45, 7) is 13.5. The van der Waals surface area contributed by atoms with Gasteiger partial charge in [0.25, 0.3) is 0 Å². The van der Waals surface area contributed by atoms with Crippen LogP contribution in [0.25, 0.3) is 0 Å². The number of amidine groups is 1. The Bertz CT molecular complexity index is 1730. The molecule has 0 spiro atoms. The van der Waals surface area contributed by atoms with Gasteiger partial charge in [-0.2, -0.15) is 0 Å². The van der Waals surface area contributed by atoms with Crippen molar-refractivity contribution in [1.82, 2.24) is 14.7 Å². The van der Waals surface area contributed by atoms with Crippen LogP contribution in [0.5, 0.6) is 5.75 Å². The van der Waals surface area contributed by atoms with Gasteiger partial charge in [-0.25, -0.2) is 13.2 Å². The number of nitrogens with zero attached hydrogens (tertiary/aromatic N) is 4. The highest BCUT2D eigenvalue weighted by Gasteiger charge is 2.45. The highest BCUT2D eigenvalue weighted by atomic mass is 35.5. The van der Waals surface area contributed by atoms with Crippen molar-refractivity contribution in [2.24, 2.45) is 4.99 Å². The van der Waals surface area contributed by atoms with E-state index in [0.29, 0.717) is 60.8 Å². The SMILES string of the molecule is CC(C)Oc1cc(C(C)(C)C)ccc1C1=N[C@@H](c2ccc(Cl)cc2)[C@@H](c2ccc(Cl)cc2)N1C(=O)N1CCN(CCCS(C)(=O)=O)CC1.Cl. The molecule has 49 heavy (non-hydrogen) atoms. The Labute approximate surface area is 307 Å². The van der Waals surface area contributed by atoms with E-state index in [4.69, 9.17) is 32.9 Å². The normalized spacial score (nSPS) is 18.8. The largest absolute Gasteiger partial charge is 0.490 e. The molecular weight excluding hydrogens is 703 g/mol. The minimum atomic E-state index is -3.02. The van der Waals surface area contributed by atoms with Gasteiger partial charge in [0, 0.05) is 42.5 Å². The first-order valence-electron chi connectivity index (χ1n) is 16.5. The van der Waals surface area contributed by atoms with E-state index < -0.39 is 21.9 Å². The molecule has 2 heterocycles. The molecule has 1 fully saturated rings. The fourth-order valence-electron chi connectivity index (χ4n) is 6.24. The van der Waals surface area contributed by atoms with Crippen molar-refractivity contribution in [3.05, 3.63) is 99.0 Å². The zero-order valence-corrected chi connectivity index (χ0v) is 32.2. The van der Waals surface area contributed by atoms with Crippen LogP contribution < -0.4 is 4.74 Å². The third-order valence-electron chi connectivity index (χ3n) is 8.78. The number of sulfone groups is 1. The number of halogens is 3. The first-order chi connectivity index (χ1) is 22.6. The summed E-state index contributed by atoms with van der Waals surface area (Å²) in [5.74, 6) is 1.38. The fraction of sp³-hybridized carbons (Fsp3) is 0.459. The summed E-state index contributed by atoms with van der Waals surface area (Å²) in [5, 5.41) is 1.23. The molecule has 0 saturated carbocycles. The predicted octanol–water partition coefficient (Wildman–Crippen LogP) is 8.22. The predicted molar refractivity (Wildman–Crippen MR) is 203 cm³/mol. The fourth-order valence-corrected chi connectivity index (χ4v) is 7.15. The molecule has 3 aromatic carbocycles. The van der Waals surface area contributed by atoms with E-state index in [9.17, 15) is 13.2 Å². The summed E-state index contributed by atoms with van der Waals surface area (Å²) in [6.07, 6.45) is 1.74. The highest BCUT2D eigenvalue weighted by Crippen LogP contribution is 2.46. The number of amides is 2. The van der Waals surface area contributed by atoms with Crippen LogP contribution in [0, 0.1) is 0 Å². The quantitative estimate of drug-likeness (QED) is 0.220. The van der Waals surface area contributed by atoms with Crippen molar-refractivity contribution in [3.8, 4) is 5.75 Å². The summed E-state index contributed by atoms with van der Waals surface area (Å²) in [7, 11) is -3.02. The van der Waals surface area contributed by atoms with Crippen molar-refractivity contribution in [2.75, 3.05) is 44.7 Å². The van der Waals surface area contributed by atoms with Crippen molar-refractivity contribution in [1.29, 1.82) is 0 Å². The standard InChI is InChI=1S/C37H46Cl2N4O4S.ClH/c1-25(2)47-32-24-28(37(3,4)5)12-17-31(32)35-40-33(26-8-13-29(38)14-9-26)34(27-10-15-30(39)16-11-27)43(35)36(44)42-21-19-41(20-22-42)18-7-23-48(6,45)46;/h8-17,24-25,33-34H,7,18-23H2,1-6H3;1H/t33-,34+;/m0./s1. The van der Waals surface area contributed by atoms with Gasteiger partial charge >= 0.3 is 6.03 Å². The van der Waals surface area contributed by atoms with Gasteiger partial charge in [0.05, 0.1) is 23.5 Å². The number of hydrogen-bond donors (Lipinski definition) is 0. The lowest BCUT2D eigenvalue weighted by Crippen LogP contribution is -2.54. The molecular formula is C37H47Cl3N4O4S. The van der Waals surface area contributed by atoms with Gasteiger partial charge in [-0.1, -0.05) is 74.3 Å². The minimum absolute atomic E-state index is 0. The van der Waals surface area contributed by atoms with E-state index in [1.807, 2.05) is 78.2 Å². The molecule has 2 atom stereocenters. The van der Waals surface area contributed by atoms with Crippen LogP contribution in [-0.2, 0) is 15.3 Å². The second kappa shape index (κ2) is 16.0. The third kappa shape index (κ3) is 9.70. The monoisotopic (exact) mass is 748 g/mol. The molecule has 12 heteroatoms. The van der Waals surface area contributed by atoms with Gasteiger partial charge in [0.2, 0.25) is 0 Å². The number of urea groups is 1. The molecule has 266 valence electrons. The molecule has 1 saturated heterocycles. The Hall–Kier alpha value is -2.82. The Morgan fingerprint density at radius 2 is 1.49 bits per heavy atom. The van der Waals surface area contributed by atoms with Crippen LogP contribution in [-0.4, -0.2) is 85.8 Å². The van der Waals surface area contributed by atoms with Gasteiger partial charge in [0.15, 0.2) is 0 Å². The molecule has 5 rings (SSSR count). The van der Waals surface area contributed by atoms with Crippen LogP contribution >= 0.6 is 35.6 Å². The number of piperazine rings is 1. The van der Waals surface area contributed by atoms with E-state index in [0.717, 1.165) is 22.3 Å². The van der Waals surface area contributed by atoms with Gasteiger partial charge < -0.3 is 9.64 Å². The molecule has 0 radical (unpaired) electrons. The Kier molecular flexibility index (Phi) is 12.7. The van der Waals surface area contributed by atoms with Crippen LogP contribution in [0.4, 0.5) is 4.79 Å². The Morgan fingerprint density at radius 1 is 0.918 bits per heavy atom. The number of benzene rings is 3. The van der Waals surface area contributed by atoms with Crippen LogP contribution in [0.1, 0.15) is 75.4 Å². The molecule has 2 aliphatic rings. The van der Waals surface area contributed by atoms with Gasteiger partial charge in [-0.15, -0.1) is 12.4 Å². The summed E-state index contributed by atoms with van der Waals surface area (Å²) < 4.78 is 29.8. The number of ether oxygens (including phenoxy) is 1. The second-order valence-corrected chi connectivity index (χ2v) is 17.2. The number of carbonyl (C=O) groups is 1. The number of rotatable bonds is 9. The summed E-state index contributed by atoms with van der Waals surface area (Å²) in [4.78, 5) is 26.1. The summed E-state index contributed by atoms with van der Waals surface area (Å²) in [6, 6.07) is 20.4. The van der Waals surface area contributed by atoms with Crippen molar-refractivity contribution in [2.45, 2.75) is 64.6 Å². The third-order valence-corrected chi connectivity index (χ3v) is 10.3. The molecule has 0 aliphatic carbocycles. The molecule has 0 N–H and O–H groups in total. The number of carbonyl (C=O) groups excluding carboxylic acids is 1. The van der Waals surface area contributed by atoms with Crippen molar-refractivity contribution >= 4 is 57.3 Å². The summed E-state index contributed by atoms with van der Waals surface area (Å²) in [5.41, 5.74) is 3.59. The van der Waals surface area contributed by atoms with E-state index in [2.05, 4.69) is 37.8 Å². The molecule has 0 aromatic heterocycles. The molecule has 0 unspecified atom stereocenters. The molecule has 8 nitrogen and oxygen atoms in total. The van der Waals surface area contributed by atoms with E-state index in [-0.39, 0.29) is 35.7 Å². The van der Waals surface area contributed by atoms with Crippen LogP contribution in [0.2, 0.25) is 10.0 Å².